The molecule has 1 rings (SSSR count). The number of hydrogen-bond acceptors (Lipinski definition) is 1. The fourth-order valence-electron chi connectivity index (χ4n) is 0.845. The van der Waals surface area contributed by atoms with Crippen molar-refractivity contribution in [2.75, 3.05) is 0 Å². The molecule has 1 aromatic rings. The van der Waals surface area contributed by atoms with Crippen molar-refractivity contribution in [1.82, 2.24) is 0 Å². The van der Waals surface area contributed by atoms with E-state index < -0.39 is 24.1 Å². The topological polar surface area (TPSA) is 9.23 Å². The Morgan fingerprint density at radius 1 is 1.20 bits per heavy atom. The minimum atomic E-state index is -4.67. The molecular formula is C8H4BF5O. The molecule has 0 saturated carbocycles. The largest absolute Gasteiger partial charge is 0.461 e. The summed E-state index contributed by atoms with van der Waals surface area (Å²) >= 11 is 0. The van der Waals surface area contributed by atoms with E-state index in [1.165, 1.54) is 0 Å². The lowest BCUT2D eigenvalue weighted by molar-refractivity contribution is -0.253. The second-order valence-electron chi connectivity index (χ2n) is 2.68. The monoisotopic (exact) mass is 222 g/mol. The summed E-state index contributed by atoms with van der Waals surface area (Å²) in [6.45, 7) is 0. The van der Waals surface area contributed by atoms with Crippen LogP contribution < -0.4 is 10.2 Å². The molecule has 2 radical (unpaired) electrons. The van der Waals surface area contributed by atoms with Crippen LogP contribution in [0.15, 0.2) is 18.2 Å². The highest BCUT2D eigenvalue weighted by Gasteiger charge is 2.44. The minimum Gasteiger partial charge on any atom is -0.428 e. The van der Waals surface area contributed by atoms with Crippen LogP contribution in [0.1, 0.15) is 0 Å². The summed E-state index contributed by atoms with van der Waals surface area (Å²) < 4.78 is 64.4. The molecule has 0 fully saturated rings. The molecule has 0 saturated heterocycles. The second-order valence-corrected chi connectivity index (χ2v) is 2.68. The van der Waals surface area contributed by atoms with Crippen molar-refractivity contribution in [1.29, 1.82) is 0 Å². The molecule has 0 aliphatic rings. The maximum absolute atomic E-state index is 12.6. The van der Waals surface area contributed by atoms with Crippen LogP contribution in [-0.2, 0) is 0 Å². The summed E-state index contributed by atoms with van der Waals surface area (Å²) in [7, 11) is 5.10. The first-order valence-electron chi connectivity index (χ1n) is 3.72. The molecule has 0 atom stereocenters. The predicted molar refractivity (Wildman–Crippen MR) is 43.4 cm³/mol. The van der Waals surface area contributed by atoms with Gasteiger partial charge in [0.1, 0.15) is 19.4 Å². The lowest BCUT2D eigenvalue weighted by atomic mass is 9.96. The highest BCUT2D eigenvalue weighted by molar-refractivity contribution is 6.32. The molecule has 1 aromatic carbocycles. The number of halogens is 5. The molecule has 80 valence electrons. The zero-order valence-electron chi connectivity index (χ0n) is 7.18. The van der Waals surface area contributed by atoms with Crippen LogP contribution in [0.4, 0.5) is 22.0 Å². The Hall–Kier alpha value is -1.27. The van der Waals surface area contributed by atoms with Gasteiger partial charge >= 0.3 is 12.5 Å². The van der Waals surface area contributed by atoms with Crippen LogP contribution in [0.5, 0.6) is 5.75 Å². The highest BCUT2D eigenvalue weighted by atomic mass is 19.3. The summed E-state index contributed by atoms with van der Waals surface area (Å²) in [6.07, 6.45) is -8.66. The number of rotatable bonds is 3. The lowest BCUT2D eigenvalue weighted by Crippen LogP contribution is -2.33. The third kappa shape index (κ3) is 3.11. The van der Waals surface area contributed by atoms with Crippen LogP contribution in [0.25, 0.3) is 0 Å². The second kappa shape index (κ2) is 4.08. The van der Waals surface area contributed by atoms with Gasteiger partial charge in [0.25, 0.3) is 0 Å². The fraction of sp³-hybridized carbons (Fsp3) is 0.250. The smallest absolute Gasteiger partial charge is 0.428 e. The molecule has 1 nitrogen and oxygen atoms in total. The van der Waals surface area contributed by atoms with E-state index in [0.29, 0.717) is 6.07 Å². The molecule has 0 aliphatic heterocycles. The van der Waals surface area contributed by atoms with E-state index in [4.69, 9.17) is 7.85 Å². The Labute approximate surface area is 83.3 Å². The van der Waals surface area contributed by atoms with E-state index in [2.05, 4.69) is 4.74 Å². The number of benzene rings is 1. The molecule has 0 N–H and O–H groups in total. The SMILES string of the molecule is [B]c1cc(F)cc(OC(F)(F)C(F)F)c1. The van der Waals surface area contributed by atoms with Crippen LogP contribution >= 0.6 is 0 Å². The van der Waals surface area contributed by atoms with Crippen molar-refractivity contribution in [3.8, 4) is 5.75 Å². The standard InChI is InChI=1S/C8H4BF5O/c9-4-1-5(10)3-6(2-4)15-8(13,14)7(11)12/h1-3,7H. The summed E-state index contributed by atoms with van der Waals surface area (Å²) in [6, 6.07) is 2.19. The van der Waals surface area contributed by atoms with E-state index in [1.54, 1.807) is 0 Å². The van der Waals surface area contributed by atoms with Crippen molar-refractivity contribution in [3.05, 3.63) is 24.0 Å². The molecule has 0 amide bonds. The summed E-state index contributed by atoms with van der Waals surface area (Å²) in [5.74, 6) is -1.70. The first-order valence-corrected chi connectivity index (χ1v) is 3.72. The van der Waals surface area contributed by atoms with Crippen LogP contribution in [-0.4, -0.2) is 20.4 Å². The van der Waals surface area contributed by atoms with Gasteiger partial charge in [0, 0.05) is 6.07 Å². The Morgan fingerprint density at radius 2 is 1.80 bits per heavy atom. The first-order chi connectivity index (χ1) is 6.81. The Bertz CT molecular complexity index is 335. The maximum Gasteiger partial charge on any atom is 0.461 e. The summed E-state index contributed by atoms with van der Waals surface area (Å²) in [4.78, 5) is 0. The van der Waals surface area contributed by atoms with Crippen molar-refractivity contribution in [2.45, 2.75) is 12.5 Å². The Kier molecular flexibility index (Phi) is 3.21. The molecule has 15 heavy (non-hydrogen) atoms. The lowest BCUT2D eigenvalue weighted by Gasteiger charge is -2.17. The van der Waals surface area contributed by atoms with Gasteiger partial charge in [0.05, 0.1) is 0 Å². The van der Waals surface area contributed by atoms with Gasteiger partial charge in [0.15, 0.2) is 0 Å². The zero-order valence-corrected chi connectivity index (χ0v) is 7.18. The van der Waals surface area contributed by atoms with E-state index in [-0.39, 0.29) is 5.46 Å². The number of hydrogen-bond donors (Lipinski definition) is 0. The fourth-order valence-corrected chi connectivity index (χ4v) is 0.845. The van der Waals surface area contributed by atoms with Gasteiger partial charge in [0.2, 0.25) is 0 Å². The maximum atomic E-state index is 12.6. The molecule has 7 heteroatoms. The quantitative estimate of drug-likeness (QED) is 0.560. The van der Waals surface area contributed by atoms with Gasteiger partial charge in [-0.15, -0.1) is 0 Å². The average Bonchev–Trinajstić information content (AvgIpc) is 1.99. The minimum absolute atomic E-state index is 0.199. The molecular weight excluding hydrogens is 218 g/mol. The van der Waals surface area contributed by atoms with Gasteiger partial charge in [-0.3, -0.25) is 0 Å². The van der Waals surface area contributed by atoms with Gasteiger partial charge in [-0.2, -0.15) is 17.6 Å². The molecule has 0 spiro atoms. The van der Waals surface area contributed by atoms with Crippen molar-refractivity contribution < 1.29 is 26.7 Å². The third-order valence-corrected chi connectivity index (χ3v) is 1.40. The molecule has 0 heterocycles. The summed E-state index contributed by atoms with van der Waals surface area (Å²) in [5, 5.41) is 0. The molecule has 0 aliphatic carbocycles. The zero-order chi connectivity index (χ0) is 11.6. The molecule has 0 bridgehead atoms. The molecule has 0 unspecified atom stereocenters. The number of ether oxygens (including phenoxy) is 1. The van der Waals surface area contributed by atoms with Crippen LogP contribution in [0.3, 0.4) is 0 Å². The van der Waals surface area contributed by atoms with Crippen molar-refractivity contribution >= 4 is 13.3 Å². The number of alkyl halides is 4. The van der Waals surface area contributed by atoms with E-state index in [1.807, 2.05) is 0 Å². The third-order valence-electron chi connectivity index (χ3n) is 1.40. The van der Waals surface area contributed by atoms with Gasteiger partial charge < -0.3 is 4.74 Å². The first kappa shape index (κ1) is 11.8. The van der Waals surface area contributed by atoms with Crippen LogP contribution in [0.2, 0.25) is 0 Å². The Balaban J connectivity index is 2.89. The van der Waals surface area contributed by atoms with E-state index >= 15 is 0 Å². The predicted octanol–water partition coefficient (Wildman–Crippen LogP) is 1.86. The van der Waals surface area contributed by atoms with E-state index in [9.17, 15) is 22.0 Å². The normalized spacial score (nSPS) is 11.9. The Morgan fingerprint density at radius 3 is 2.27 bits per heavy atom. The van der Waals surface area contributed by atoms with Gasteiger partial charge in [-0.25, -0.2) is 4.39 Å². The van der Waals surface area contributed by atoms with Crippen molar-refractivity contribution in [2.24, 2.45) is 0 Å². The molecule has 0 aromatic heterocycles. The van der Waals surface area contributed by atoms with Gasteiger partial charge in [-0.1, -0.05) is 5.46 Å². The van der Waals surface area contributed by atoms with Gasteiger partial charge in [-0.05, 0) is 12.1 Å². The average molecular weight is 222 g/mol. The van der Waals surface area contributed by atoms with Crippen LogP contribution in [0, 0.1) is 5.82 Å². The summed E-state index contributed by atoms with van der Waals surface area (Å²) in [5.41, 5.74) is -0.199. The van der Waals surface area contributed by atoms with Crippen molar-refractivity contribution in [3.63, 3.8) is 0 Å². The van der Waals surface area contributed by atoms with E-state index in [0.717, 1.165) is 12.1 Å². The highest BCUT2D eigenvalue weighted by Crippen LogP contribution is 2.27.